The molecule has 0 unspecified atom stereocenters. The van der Waals surface area contributed by atoms with Gasteiger partial charge in [-0.15, -0.1) is 0 Å². The summed E-state index contributed by atoms with van der Waals surface area (Å²) in [4.78, 5) is 0. The van der Waals surface area contributed by atoms with Gasteiger partial charge in [0.15, 0.2) is 12.4 Å². The van der Waals surface area contributed by atoms with Crippen molar-refractivity contribution >= 4 is 0 Å². The molecule has 1 aromatic heterocycles. The van der Waals surface area contributed by atoms with Crippen molar-refractivity contribution in [1.29, 1.82) is 0 Å². The first-order valence-corrected chi connectivity index (χ1v) is 6.14. The van der Waals surface area contributed by atoms with E-state index in [0.29, 0.717) is 0 Å². The molecule has 1 heteroatoms. The molecule has 1 rings (SSSR count). The normalized spacial score (nSPS) is 10.9. The van der Waals surface area contributed by atoms with Crippen molar-refractivity contribution in [3.8, 4) is 0 Å². The lowest BCUT2D eigenvalue weighted by molar-refractivity contribution is -0.697. The SMILES string of the molecule is Cc1ccc[n+](CCCCCC(C)C)c1. The van der Waals surface area contributed by atoms with Crippen LogP contribution >= 0.6 is 0 Å². The van der Waals surface area contributed by atoms with Gasteiger partial charge in [-0.1, -0.05) is 26.7 Å². The molecule has 0 aliphatic carbocycles. The Morgan fingerprint density at radius 3 is 2.67 bits per heavy atom. The topological polar surface area (TPSA) is 3.88 Å². The first-order valence-electron chi connectivity index (χ1n) is 6.14. The van der Waals surface area contributed by atoms with Crippen molar-refractivity contribution in [3.05, 3.63) is 30.1 Å². The quantitative estimate of drug-likeness (QED) is 0.495. The fourth-order valence-electron chi connectivity index (χ4n) is 1.82. The predicted molar refractivity (Wildman–Crippen MR) is 64.7 cm³/mol. The summed E-state index contributed by atoms with van der Waals surface area (Å²) in [5.41, 5.74) is 1.35. The van der Waals surface area contributed by atoms with Gasteiger partial charge in [-0.3, -0.25) is 0 Å². The third-order valence-corrected chi connectivity index (χ3v) is 2.70. The van der Waals surface area contributed by atoms with Crippen LogP contribution in [0.5, 0.6) is 0 Å². The Labute approximate surface area is 94.1 Å². The summed E-state index contributed by atoms with van der Waals surface area (Å²) in [6, 6.07) is 4.28. The zero-order chi connectivity index (χ0) is 11.1. The average molecular weight is 206 g/mol. The highest BCUT2D eigenvalue weighted by atomic mass is 14.9. The monoisotopic (exact) mass is 206 g/mol. The van der Waals surface area contributed by atoms with Gasteiger partial charge in [0, 0.05) is 18.1 Å². The van der Waals surface area contributed by atoms with Gasteiger partial charge in [0.1, 0.15) is 6.54 Å². The van der Waals surface area contributed by atoms with Crippen LogP contribution in [0.4, 0.5) is 0 Å². The Balaban J connectivity index is 2.15. The van der Waals surface area contributed by atoms with Crippen molar-refractivity contribution in [2.75, 3.05) is 0 Å². The van der Waals surface area contributed by atoms with E-state index in [0.717, 1.165) is 5.92 Å². The second-order valence-corrected chi connectivity index (χ2v) is 4.86. The molecular formula is C14H24N+. The van der Waals surface area contributed by atoms with Gasteiger partial charge in [-0.05, 0) is 25.3 Å². The molecule has 0 amide bonds. The third-order valence-electron chi connectivity index (χ3n) is 2.70. The van der Waals surface area contributed by atoms with Gasteiger partial charge in [0.2, 0.25) is 0 Å². The number of hydrogen-bond donors (Lipinski definition) is 0. The number of pyridine rings is 1. The average Bonchev–Trinajstić information content (AvgIpc) is 2.17. The van der Waals surface area contributed by atoms with Crippen LogP contribution in [-0.4, -0.2) is 0 Å². The Bertz CT molecular complexity index is 278. The fourth-order valence-corrected chi connectivity index (χ4v) is 1.82. The van der Waals surface area contributed by atoms with Crippen molar-refractivity contribution in [3.63, 3.8) is 0 Å². The molecular weight excluding hydrogens is 182 g/mol. The summed E-state index contributed by atoms with van der Waals surface area (Å²) >= 11 is 0. The van der Waals surface area contributed by atoms with Gasteiger partial charge in [-0.2, -0.15) is 0 Å². The van der Waals surface area contributed by atoms with Crippen molar-refractivity contribution in [2.24, 2.45) is 5.92 Å². The summed E-state index contributed by atoms with van der Waals surface area (Å²) in [6.45, 7) is 7.92. The zero-order valence-electron chi connectivity index (χ0n) is 10.4. The first-order chi connectivity index (χ1) is 7.18. The van der Waals surface area contributed by atoms with Crippen LogP contribution in [0.1, 0.15) is 45.1 Å². The van der Waals surface area contributed by atoms with Crippen LogP contribution < -0.4 is 4.57 Å². The molecule has 0 bridgehead atoms. The maximum Gasteiger partial charge on any atom is 0.171 e. The molecule has 0 fully saturated rings. The standard InChI is InChI=1S/C14H24N/c1-13(2)8-5-4-6-10-15-11-7-9-14(3)12-15/h7,9,11-13H,4-6,8,10H2,1-3H3/q+1. The molecule has 0 saturated heterocycles. The summed E-state index contributed by atoms with van der Waals surface area (Å²) in [5, 5.41) is 0. The number of nitrogens with zero attached hydrogens (tertiary/aromatic N) is 1. The summed E-state index contributed by atoms with van der Waals surface area (Å²) in [7, 11) is 0. The lowest BCUT2D eigenvalue weighted by atomic mass is 10.1. The molecule has 1 nitrogen and oxygen atoms in total. The van der Waals surface area contributed by atoms with Crippen molar-refractivity contribution in [2.45, 2.75) is 53.0 Å². The maximum atomic E-state index is 2.30. The van der Waals surface area contributed by atoms with E-state index in [9.17, 15) is 0 Å². The minimum absolute atomic E-state index is 0.858. The second-order valence-electron chi connectivity index (χ2n) is 4.86. The largest absolute Gasteiger partial charge is 0.205 e. The van der Waals surface area contributed by atoms with Crippen molar-refractivity contribution in [1.82, 2.24) is 0 Å². The third kappa shape index (κ3) is 5.56. The summed E-state index contributed by atoms with van der Waals surface area (Å²) < 4.78 is 2.30. The lowest BCUT2D eigenvalue weighted by Gasteiger charge is -2.02. The summed E-state index contributed by atoms with van der Waals surface area (Å²) in [6.07, 6.45) is 9.81. The van der Waals surface area contributed by atoms with E-state index in [-0.39, 0.29) is 0 Å². The molecule has 0 atom stereocenters. The van der Waals surface area contributed by atoms with Crippen LogP contribution in [0.25, 0.3) is 0 Å². The smallest absolute Gasteiger partial charge is 0.171 e. The van der Waals surface area contributed by atoms with E-state index >= 15 is 0 Å². The maximum absolute atomic E-state index is 2.30. The number of rotatable bonds is 6. The fraction of sp³-hybridized carbons (Fsp3) is 0.643. The number of unbranched alkanes of at least 4 members (excludes halogenated alkanes) is 2. The molecule has 0 aromatic carbocycles. The molecule has 0 aliphatic heterocycles. The molecule has 0 aliphatic rings. The van der Waals surface area contributed by atoms with Crippen LogP contribution in [-0.2, 0) is 6.54 Å². The Morgan fingerprint density at radius 1 is 1.20 bits per heavy atom. The molecule has 1 heterocycles. The van der Waals surface area contributed by atoms with Crippen LogP contribution in [0.15, 0.2) is 24.5 Å². The van der Waals surface area contributed by atoms with E-state index < -0.39 is 0 Å². The highest BCUT2D eigenvalue weighted by molar-refractivity contribution is 5.01. The minimum Gasteiger partial charge on any atom is -0.205 e. The van der Waals surface area contributed by atoms with Gasteiger partial charge in [-0.25, -0.2) is 4.57 Å². The highest BCUT2D eigenvalue weighted by Gasteiger charge is 2.00. The highest BCUT2D eigenvalue weighted by Crippen LogP contribution is 2.07. The Hall–Kier alpha value is -0.850. The molecule has 1 aromatic rings. The molecule has 84 valence electrons. The summed E-state index contributed by atoms with van der Waals surface area (Å²) in [5.74, 6) is 0.858. The van der Waals surface area contributed by atoms with E-state index in [2.05, 4.69) is 49.9 Å². The van der Waals surface area contributed by atoms with E-state index in [4.69, 9.17) is 0 Å². The molecule has 15 heavy (non-hydrogen) atoms. The van der Waals surface area contributed by atoms with Gasteiger partial charge >= 0.3 is 0 Å². The molecule has 0 spiro atoms. The molecule has 0 radical (unpaired) electrons. The van der Waals surface area contributed by atoms with Crippen molar-refractivity contribution < 1.29 is 4.57 Å². The van der Waals surface area contributed by atoms with Gasteiger partial charge < -0.3 is 0 Å². The Kier molecular flexibility index (Phi) is 5.38. The van der Waals surface area contributed by atoms with Gasteiger partial charge in [0.05, 0.1) is 0 Å². The molecule has 0 saturated carbocycles. The van der Waals surface area contributed by atoms with Crippen LogP contribution in [0.2, 0.25) is 0 Å². The number of aromatic nitrogens is 1. The first kappa shape index (κ1) is 12.2. The number of aryl methyl sites for hydroxylation is 2. The lowest BCUT2D eigenvalue weighted by Crippen LogP contribution is -2.32. The Morgan fingerprint density at radius 2 is 2.00 bits per heavy atom. The second kappa shape index (κ2) is 6.60. The predicted octanol–water partition coefficient (Wildman–Crippen LogP) is 3.50. The minimum atomic E-state index is 0.858. The van der Waals surface area contributed by atoms with Crippen LogP contribution in [0.3, 0.4) is 0 Å². The van der Waals surface area contributed by atoms with E-state index in [1.807, 2.05) is 0 Å². The van der Waals surface area contributed by atoms with Gasteiger partial charge in [0.25, 0.3) is 0 Å². The van der Waals surface area contributed by atoms with E-state index in [1.54, 1.807) is 0 Å². The zero-order valence-corrected chi connectivity index (χ0v) is 10.4. The van der Waals surface area contributed by atoms with E-state index in [1.165, 1.54) is 37.8 Å². The molecule has 0 N–H and O–H groups in total. The van der Waals surface area contributed by atoms with Crippen LogP contribution in [0, 0.1) is 12.8 Å². The number of hydrogen-bond acceptors (Lipinski definition) is 0.